The third-order valence-corrected chi connectivity index (χ3v) is 4.16. The minimum Gasteiger partial charge on any atom is -0.347 e. The fraction of sp³-hybridized carbons (Fsp3) is 0.348. The van der Waals surface area contributed by atoms with E-state index >= 15 is 0 Å². The smallest absolute Gasteiger partial charge is 0.279 e. The highest BCUT2D eigenvalue weighted by Crippen LogP contribution is 2.18. The van der Waals surface area contributed by atoms with E-state index in [1.54, 1.807) is 31.3 Å². The van der Waals surface area contributed by atoms with Gasteiger partial charge >= 0.3 is 0 Å². The first-order valence-corrected chi connectivity index (χ1v) is 9.93. The standard InChI is InChI=1S/C23H30N4O3/c1-16-9-8-10-17(13-16)24-22(30)18-11-6-7-12-19(18)25-20(28)14-27(5)15-21(29)26-23(2,3)4/h6-13H,14-15H2,1-5H3,(H,24,30)(H,25,28)(H,26,29)/p+1. The van der Waals surface area contributed by atoms with Gasteiger partial charge in [0.25, 0.3) is 17.7 Å². The molecule has 7 heteroatoms. The van der Waals surface area contributed by atoms with Crippen molar-refractivity contribution in [2.75, 3.05) is 30.8 Å². The molecule has 0 heterocycles. The Morgan fingerprint density at radius 3 is 2.23 bits per heavy atom. The van der Waals surface area contributed by atoms with Crippen molar-refractivity contribution in [2.24, 2.45) is 0 Å². The van der Waals surface area contributed by atoms with Gasteiger partial charge in [-0.25, -0.2) is 0 Å². The van der Waals surface area contributed by atoms with Crippen LogP contribution >= 0.6 is 0 Å². The van der Waals surface area contributed by atoms with E-state index in [2.05, 4.69) is 16.0 Å². The number of para-hydroxylation sites is 1. The van der Waals surface area contributed by atoms with Gasteiger partial charge in [0.05, 0.1) is 18.3 Å². The Labute approximate surface area is 177 Å². The summed E-state index contributed by atoms with van der Waals surface area (Å²) in [4.78, 5) is 38.0. The second-order valence-corrected chi connectivity index (χ2v) is 8.53. The highest BCUT2D eigenvalue weighted by molar-refractivity contribution is 6.10. The molecule has 0 fully saturated rings. The number of benzene rings is 2. The van der Waals surface area contributed by atoms with Crippen molar-refractivity contribution in [1.82, 2.24) is 5.32 Å². The molecule has 2 aromatic rings. The number of rotatable bonds is 7. The van der Waals surface area contributed by atoms with Crippen LogP contribution in [0.4, 0.5) is 11.4 Å². The lowest BCUT2D eigenvalue weighted by Gasteiger charge is -2.21. The third kappa shape index (κ3) is 7.67. The summed E-state index contributed by atoms with van der Waals surface area (Å²) in [5.41, 5.74) is 2.21. The molecule has 1 unspecified atom stereocenters. The summed E-state index contributed by atoms with van der Waals surface area (Å²) in [6.45, 7) is 7.96. The van der Waals surface area contributed by atoms with Crippen molar-refractivity contribution in [3.8, 4) is 0 Å². The molecule has 2 aromatic carbocycles. The van der Waals surface area contributed by atoms with Crippen LogP contribution in [0.2, 0.25) is 0 Å². The highest BCUT2D eigenvalue weighted by Gasteiger charge is 2.20. The van der Waals surface area contributed by atoms with E-state index < -0.39 is 0 Å². The Morgan fingerprint density at radius 1 is 0.900 bits per heavy atom. The minimum absolute atomic E-state index is 0.103. The number of nitrogens with one attached hydrogen (secondary N) is 4. The molecule has 2 rings (SSSR count). The van der Waals surface area contributed by atoms with Crippen LogP contribution in [0.25, 0.3) is 0 Å². The van der Waals surface area contributed by atoms with Crippen molar-refractivity contribution in [1.29, 1.82) is 0 Å². The molecule has 0 aromatic heterocycles. The molecule has 7 nitrogen and oxygen atoms in total. The Balaban J connectivity index is 1.99. The van der Waals surface area contributed by atoms with Gasteiger partial charge in [0.2, 0.25) is 0 Å². The van der Waals surface area contributed by atoms with Crippen LogP contribution in [0.5, 0.6) is 0 Å². The van der Waals surface area contributed by atoms with Gasteiger partial charge in [-0.15, -0.1) is 0 Å². The topological polar surface area (TPSA) is 91.7 Å². The number of aryl methyl sites for hydroxylation is 1. The van der Waals surface area contributed by atoms with Crippen LogP contribution in [-0.2, 0) is 9.59 Å². The van der Waals surface area contributed by atoms with Crippen LogP contribution in [-0.4, -0.2) is 43.4 Å². The number of carbonyl (C=O) groups excluding carboxylic acids is 3. The lowest BCUT2D eigenvalue weighted by atomic mass is 10.1. The van der Waals surface area contributed by atoms with Gasteiger partial charge in [-0.3, -0.25) is 14.4 Å². The van der Waals surface area contributed by atoms with Crippen molar-refractivity contribution in [2.45, 2.75) is 33.2 Å². The Morgan fingerprint density at radius 2 is 1.57 bits per heavy atom. The van der Waals surface area contributed by atoms with E-state index in [1.165, 1.54) is 0 Å². The normalized spacial score (nSPS) is 12.0. The van der Waals surface area contributed by atoms with Crippen LogP contribution in [0, 0.1) is 6.92 Å². The van der Waals surface area contributed by atoms with Crippen molar-refractivity contribution < 1.29 is 19.3 Å². The molecule has 0 spiro atoms. The monoisotopic (exact) mass is 411 g/mol. The molecule has 160 valence electrons. The first-order valence-electron chi connectivity index (χ1n) is 9.93. The van der Waals surface area contributed by atoms with Crippen LogP contribution < -0.4 is 20.9 Å². The van der Waals surface area contributed by atoms with Gasteiger partial charge in [-0.05, 0) is 57.5 Å². The Hall–Kier alpha value is -3.19. The number of hydrogen-bond acceptors (Lipinski definition) is 3. The van der Waals surface area contributed by atoms with E-state index in [-0.39, 0.29) is 36.3 Å². The highest BCUT2D eigenvalue weighted by atomic mass is 16.2. The molecule has 0 aliphatic carbocycles. The molecule has 4 N–H and O–H groups in total. The summed E-state index contributed by atoms with van der Waals surface area (Å²) >= 11 is 0. The van der Waals surface area contributed by atoms with Crippen LogP contribution in [0.1, 0.15) is 36.7 Å². The van der Waals surface area contributed by atoms with Gasteiger partial charge in [0, 0.05) is 11.2 Å². The summed E-state index contributed by atoms with van der Waals surface area (Å²) in [7, 11) is 1.78. The Bertz CT molecular complexity index is 919. The second-order valence-electron chi connectivity index (χ2n) is 8.53. The fourth-order valence-corrected chi connectivity index (χ4v) is 2.98. The molecule has 0 saturated carbocycles. The average Bonchev–Trinajstić information content (AvgIpc) is 2.60. The van der Waals surface area contributed by atoms with E-state index in [0.29, 0.717) is 16.9 Å². The number of anilines is 2. The van der Waals surface area contributed by atoms with Crippen molar-refractivity contribution in [3.05, 3.63) is 59.7 Å². The van der Waals surface area contributed by atoms with Crippen LogP contribution in [0.15, 0.2) is 48.5 Å². The molecule has 0 saturated heterocycles. The van der Waals surface area contributed by atoms with Gasteiger partial charge in [0.15, 0.2) is 13.1 Å². The number of hydrogen-bond donors (Lipinski definition) is 4. The van der Waals surface area contributed by atoms with Gasteiger partial charge in [-0.2, -0.15) is 0 Å². The van der Waals surface area contributed by atoms with Gasteiger partial charge in [-0.1, -0.05) is 24.3 Å². The van der Waals surface area contributed by atoms with Gasteiger partial charge in [0.1, 0.15) is 0 Å². The maximum absolute atomic E-state index is 12.7. The maximum atomic E-state index is 12.7. The first-order chi connectivity index (χ1) is 14.0. The number of likely N-dealkylation sites (N-methyl/N-ethyl adjacent to an activating group) is 1. The van der Waals surface area contributed by atoms with E-state index in [9.17, 15) is 14.4 Å². The molecule has 0 aliphatic heterocycles. The van der Waals surface area contributed by atoms with Gasteiger partial charge < -0.3 is 20.9 Å². The molecule has 30 heavy (non-hydrogen) atoms. The number of amides is 3. The van der Waals surface area contributed by atoms with Crippen molar-refractivity contribution >= 4 is 29.1 Å². The lowest BCUT2D eigenvalue weighted by Crippen LogP contribution is -3.11. The molecular formula is C23H31N4O3+. The SMILES string of the molecule is Cc1cccc(NC(=O)c2ccccc2NC(=O)C[NH+](C)CC(=O)NC(C)(C)C)c1. The third-order valence-electron chi connectivity index (χ3n) is 4.16. The number of quaternary nitrogens is 1. The summed E-state index contributed by atoms with van der Waals surface area (Å²) in [6.07, 6.45) is 0. The quantitative estimate of drug-likeness (QED) is 0.558. The average molecular weight is 412 g/mol. The zero-order valence-corrected chi connectivity index (χ0v) is 18.3. The summed E-state index contributed by atoms with van der Waals surface area (Å²) in [5, 5.41) is 8.52. The summed E-state index contributed by atoms with van der Waals surface area (Å²) in [5.74, 6) is -0.695. The van der Waals surface area contributed by atoms with E-state index in [0.717, 1.165) is 10.5 Å². The van der Waals surface area contributed by atoms with Crippen molar-refractivity contribution in [3.63, 3.8) is 0 Å². The van der Waals surface area contributed by atoms with E-state index in [4.69, 9.17) is 0 Å². The molecule has 0 radical (unpaired) electrons. The summed E-state index contributed by atoms with van der Waals surface area (Å²) < 4.78 is 0. The molecule has 0 aliphatic rings. The predicted molar refractivity (Wildman–Crippen MR) is 119 cm³/mol. The molecule has 3 amide bonds. The largest absolute Gasteiger partial charge is 0.347 e. The molecular weight excluding hydrogens is 380 g/mol. The van der Waals surface area contributed by atoms with Crippen LogP contribution in [0.3, 0.4) is 0 Å². The second kappa shape index (κ2) is 10.0. The predicted octanol–water partition coefficient (Wildman–Crippen LogP) is 1.62. The minimum atomic E-state index is -0.316. The lowest BCUT2D eigenvalue weighted by molar-refractivity contribution is -0.862. The zero-order chi connectivity index (χ0) is 22.3. The Kier molecular flexibility index (Phi) is 7.72. The molecule has 0 bridgehead atoms. The first kappa shape index (κ1) is 23.1. The zero-order valence-electron chi connectivity index (χ0n) is 18.3. The fourth-order valence-electron chi connectivity index (χ4n) is 2.98. The maximum Gasteiger partial charge on any atom is 0.279 e. The number of carbonyl (C=O) groups is 3. The van der Waals surface area contributed by atoms with E-state index in [1.807, 2.05) is 52.0 Å². The summed E-state index contributed by atoms with van der Waals surface area (Å²) in [6, 6.07) is 14.4. The molecule has 1 atom stereocenters.